The Morgan fingerprint density at radius 3 is 2.18 bits per heavy atom. The number of alkyl carbamates (subject to hydrolysis) is 1. The first-order valence-corrected chi connectivity index (χ1v) is 12.0. The summed E-state index contributed by atoms with van der Waals surface area (Å²) >= 11 is 0. The van der Waals surface area contributed by atoms with Gasteiger partial charge in [-0.1, -0.05) is 48.0 Å². The van der Waals surface area contributed by atoms with Crippen molar-refractivity contribution in [3.63, 3.8) is 0 Å². The molecule has 0 aromatic heterocycles. The number of hydrogen-bond acceptors (Lipinski definition) is 6. The van der Waals surface area contributed by atoms with E-state index in [4.69, 9.17) is 10.5 Å². The first kappa shape index (κ1) is 27.6. The third-order valence-electron chi connectivity index (χ3n) is 6.93. The molecule has 0 spiro atoms. The summed E-state index contributed by atoms with van der Waals surface area (Å²) in [5.74, 6) is -2.81. The quantitative estimate of drug-likeness (QED) is 0.424. The van der Waals surface area contributed by atoms with Gasteiger partial charge in [0, 0.05) is 6.54 Å². The predicted molar refractivity (Wildman–Crippen MR) is 125 cm³/mol. The van der Waals surface area contributed by atoms with Crippen molar-refractivity contribution in [3.05, 3.63) is 0 Å². The second-order valence-electron chi connectivity index (χ2n) is 11.4. The highest BCUT2D eigenvalue weighted by molar-refractivity contribution is 6.37. The number of hydrogen-bond donors (Lipinski definition) is 3. The molecule has 5 atom stereocenters. The molecule has 4 amide bonds. The largest absolute Gasteiger partial charge is 0.447 e. The topological polar surface area (TPSA) is 148 Å². The van der Waals surface area contributed by atoms with Crippen LogP contribution < -0.4 is 16.4 Å². The molecular formula is C24H40N4O6. The molecule has 1 saturated carbocycles. The Balaban J connectivity index is 2.31. The van der Waals surface area contributed by atoms with Gasteiger partial charge < -0.3 is 26.0 Å². The zero-order valence-corrected chi connectivity index (χ0v) is 21.6. The maximum atomic E-state index is 13.7. The van der Waals surface area contributed by atoms with Gasteiger partial charge in [0.2, 0.25) is 17.6 Å². The van der Waals surface area contributed by atoms with Crippen molar-refractivity contribution >= 4 is 29.6 Å². The Hall–Kier alpha value is -2.65. The highest BCUT2D eigenvalue weighted by Gasteiger charge is 2.69. The molecular weight excluding hydrogens is 440 g/mol. The van der Waals surface area contributed by atoms with Gasteiger partial charge in [-0.3, -0.25) is 19.2 Å². The van der Waals surface area contributed by atoms with Gasteiger partial charge in [-0.05, 0) is 42.9 Å². The number of Topliss-reactive ketones (excluding diaryl/α,β-unsaturated/α-hetero) is 1. The average Bonchev–Trinajstić information content (AvgIpc) is 3.04. The van der Waals surface area contributed by atoms with Gasteiger partial charge in [0.15, 0.2) is 0 Å². The molecule has 2 rings (SSSR count). The summed E-state index contributed by atoms with van der Waals surface area (Å²) in [4.78, 5) is 64.6. The van der Waals surface area contributed by atoms with Gasteiger partial charge in [-0.15, -0.1) is 0 Å². The van der Waals surface area contributed by atoms with Gasteiger partial charge in [-0.2, -0.15) is 0 Å². The molecule has 3 unspecified atom stereocenters. The lowest BCUT2D eigenvalue weighted by Crippen LogP contribution is -2.60. The molecule has 10 heteroatoms. The summed E-state index contributed by atoms with van der Waals surface area (Å²) in [6.07, 6.45) is -0.237. The van der Waals surface area contributed by atoms with E-state index in [1.54, 1.807) is 13.8 Å². The molecule has 1 saturated heterocycles. The van der Waals surface area contributed by atoms with Gasteiger partial charge in [0.1, 0.15) is 12.1 Å². The number of ketones is 1. The molecule has 0 bridgehead atoms. The zero-order chi connectivity index (χ0) is 26.2. The van der Waals surface area contributed by atoms with Crippen LogP contribution >= 0.6 is 0 Å². The van der Waals surface area contributed by atoms with Crippen LogP contribution in [0.3, 0.4) is 0 Å². The number of rotatable bonds is 9. The fraction of sp³-hybridized carbons (Fsp3) is 0.792. The van der Waals surface area contributed by atoms with Crippen LogP contribution in [0.5, 0.6) is 0 Å². The van der Waals surface area contributed by atoms with E-state index in [2.05, 4.69) is 10.6 Å². The number of fused-ring (bicyclic) bond motifs is 1. The van der Waals surface area contributed by atoms with Crippen molar-refractivity contribution in [2.24, 2.45) is 28.4 Å². The Labute approximate surface area is 201 Å². The third-order valence-corrected chi connectivity index (χ3v) is 6.93. The third kappa shape index (κ3) is 5.70. The summed E-state index contributed by atoms with van der Waals surface area (Å²) < 4.78 is 5.17. The number of primary amides is 1. The minimum atomic E-state index is -1.11. The van der Waals surface area contributed by atoms with E-state index in [-0.39, 0.29) is 35.7 Å². The summed E-state index contributed by atoms with van der Waals surface area (Å²) in [5.41, 5.74) is 4.37. The molecule has 10 nitrogen and oxygen atoms in total. The molecule has 1 aliphatic carbocycles. The van der Waals surface area contributed by atoms with Crippen molar-refractivity contribution in [2.45, 2.75) is 92.5 Å². The SMILES string of the molecule is CCCC(NC(=O)[C@@H]1C2C(CN1C(=O)[C@@H](NC(=O)OC(C)C)C(C)(C)C)C2(C)C)C(=O)C(N)=O. The lowest BCUT2D eigenvalue weighted by Gasteiger charge is -2.37. The van der Waals surface area contributed by atoms with E-state index in [1.165, 1.54) is 4.90 Å². The smallest absolute Gasteiger partial charge is 0.408 e. The van der Waals surface area contributed by atoms with Crippen molar-refractivity contribution < 1.29 is 28.7 Å². The normalized spacial score (nSPS) is 24.6. The highest BCUT2D eigenvalue weighted by atomic mass is 16.6. The van der Waals surface area contributed by atoms with E-state index in [0.29, 0.717) is 13.0 Å². The lowest BCUT2D eigenvalue weighted by atomic mass is 9.85. The van der Waals surface area contributed by atoms with Crippen molar-refractivity contribution in [2.75, 3.05) is 6.54 Å². The second kappa shape index (κ2) is 9.92. The molecule has 0 aromatic rings. The maximum Gasteiger partial charge on any atom is 0.408 e. The van der Waals surface area contributed by atoms with E-state index >= 15 is 0 Å². The fourth-order valence-corrected chi connectivity index (χ4v) is 4.98. The van der Waals surface area contributed by atoms with Crippen molar-refractivity contribution in [3.8, 4) is 0 Å². The number of amides is 4. The first-order chi connectivity index (χ1) is 15.5. The monoisotopic (exact) mass is 480 g/mol. The van der Waals surface area contributed by atoms with Crippen LogP contribution in [0.4, 0.5) is 4.79 Å². The van der Waals surface area contributed by atoms with Gasteiger partial charge in [0.05, 0.1) is 12.1 Å². The molecule has 0 aromatic carbocycles. The van der Waals surface area contributed by atoms with Crippen LogP contribution in [0.2, 0.25) is 0 Å². The molecule has 2 fully saturated rings. The summed E-state index contributed by atoms with van der Waals surface area (Å²) in [5, 5.41) is 5.34. The van der Waals surface area contributed by atoms with Crippen molar-refractivity contribution in [1.82, 2.24) is 15.5 Å². The summed E-state index contributed by atoms with van der Waals surface area (Å²) in [6, 6.07) is -2.78. The van der Waals surface area contributed by atoms with Crippen LogP contribution in [-0.2, 0) is 23.9 Å². The van der Waals surface area contributed by atoms with Crippen LogP contribution in [0, 0.1) is 22.7 Å². The number of likely N-dealkylation sites (tertiary alicyclic amines) is 1. The van der Waals surface area contributed by atoms with Gasteiger partial charge >= 0.3 is 6.09 Å². The molecule has 34 heavy (non-hydrogen) atoms. The Kier molecular flexibility index (Phi) is 8.05. The zero-order valence-electron chi connectivity index (χ0n) is 21.6. The number of carbonyl (C=O) groups excluding carboxylic acids is 5. The second-order valence-corrected chi connectivity index (χ2v) is 11.4. The molecule has 2 aliphatic rings. The summed E-state index contributed by atoms with van der Waals surface area (Å²) in [7, 11) is 0. The highest BCUT2D eigenvalue weighted by Crippen LogP contribution is 2.65. The van der Waals surface area contributed by atoms with Crippen LogP contribution in [0.25, 0.3) is 0 Å². The van der Waals surface area contributed by atoms with E-state index in [9.17, 15) is 24.0 Å². The van der Waals surface area contributed by atoms with Crippen LogP contribution in [0.15, 0.2) is 0 Å². The van der Waals surface area contributed by atoms with Gasteiger partial charge in [-0.25, -0.2) is 4.79 Å². The first-order valence-electron chi connectivity index (χ1n) is 12.0. The maximum absolute atomic E-state index is 13.7. The van der Waals surface area contributed by atoms with E-state index in [0.717, 1.165) is 0 Å². The Morgan fingerprint density at radius 1 is 1.12 bits per heavy atom. The van der Waals surface area contributed by atoms with E-state index < -0.39 is 47.2 Å². The van der Waals surface area contributed by atoms with E-state index in [1.807, 2.05) is 41.5 Å². The number of nitrogens with two attached hydrogens (primary N) is 1. The molecule has 1 aliphatic heterocycles. The standard InChI is InChI=1S/C24H40N4O6/c1-9-10-14(17(29)19(25)30)26-20(31)16-15-13(24(15,7)8)11-28(16)21(32)18(23(4,5)6)27-22(33)34-12(2)3/h12-16,18H,9-11H2,1-8H3,(H2,25,30)(H,26,31)(H,27,33)/t13?,14?,15?,16-,18+/m0/s1. The number of nitrogens with zero attached hydrogens (tertiary/aromatic N) is 1. The average molecular weight is 481 g/mol. The Morgan fingerprint density at radius 2 is 1.71 bits per heavy atom. The lowest BCUT2D eigenvalue weighted by molar-refractivity contribution is -0.145. The predicted octanol–water partition coefficient (Wildman–Crippen LogP) is 1.36. The molecule has 192 valence electrons. The minimum Gasteiger partial charge on any atom is -0.447 e. The molecule has 4 N–H and O–H groups in total. The fourth-order valence-electron chi connectivity index (χ4n) is 4.98. The molecule has 0 radical (unpaired) electrons. The molecule has 1 heterocycles. The Bertz CT molecular complexity index is 847. The number of ether oxygens (including phenoxy) is 1. The van der Waals surface area contributed by atoms with Gasteiger partial charge in [0.25, 0.3) is 5.91 Å². The minimum absolute atomic E-state index is 0.0920. The summed E-state index contributed by atoms with van der Waals surface area (Å²) in [6.45, 7) is 15.2. The van der Waals surface area contributed by atoms with Crippen LogP contribution in [-0.4, -0.2) is 65.3 Å². The number of nitrogens with one attached hydrogen (secondary N) is 2. The number of piperidine rings is 1. The van der Waals surface area contributed by atoms with Crippen molar-refractivity contribution in [1.29, 1.82) is 0 Å². The van der Waals surface area contributed by atoms with Crippen LogP contribution in [0.1, 0.15) is 68.2 Å². The number of carbonyl (C=O) groups is 5.